The topological polar surface area (TPSA) is 41.5 Å². The van der Waals surface area contributed by atoms with E-state index in [0.717, 1.165) is 29.8 Å². The van der Waals surface area contributed by atoms with Gasteiger partial charge in [-0.15, -0.1) is 0 Å². The Morgan fingerprint density at radius 2 is 2.14 bits per heavy atom. The quantitative estimate of drug-likeness (QED) is 0.764. The molecule has 0 atom stereocenters. The van der Waals surface area contributed by atoms with Gasteiger partial charge in [-0.2, -0.15) is 0 Å². The standard InChI is InChI=1S/C11H17NO2/c1-8-6-9(4-5-12-2)10(13)7-11(8)14-3/h6-7,12-13H,4-5H2,1-3H3. The number of benzene rings is 1. The van der Waals surface area contributed by atoms with E-state index in [0.29, 0.717) is 5.75 Å². The molecule has 1 aromatic rings. The molecule has 0 unspecified atom stereocenters. The molecule has 0 heterocycles. The molecule has 0 aliphatic carbocycles. The van der Waals surface area contributed by atoms with E-state index in [-0.39, 0.29) is 0 Å². The van der Waals surface area contributed by atoms with E-state index in [1.165, 1.54) is 0 Å². The first-order valence-corrected chi connectivity index (χ1v) is 4.70. The number of ether oxygens (including phenoxy) is 1. The van der Waals surface area contributed by atoms with Crippen molar-refractivity contribution in [2.75, 3.05) is 20.7 Å². The van der Waals surface area contributed by atoms with Crippen LogP contribution in [0.15, 0.2) is 12.1 Å². The highest BCUT2D eigenvalue weighted by atomic mass is 16.5. The largest absolute Gasteiger partial charge is 0.508 e. The summed E-state index contributed by atoms with van der Waals surface area (Å²) in [5, 5.41) is 12.7. The van der Waals surface area contributed by atoms with Crippen LogP contribution in [0.2, 0.25) is 0 Å². The van der Waals surface area contributed by atoms with Gasteiger partial charge in [0.05, 0.1) is 7.11 Å². The molecule has 0 amide bonds. The molecule has 0 saturated heterocycles. The number of rotatable bonds is 4. The fourth-order valence-electron chi connectivity index (χ4n) is 1.42. The van der Waals surface area contributed by atoms with Gasteiger partial charge in [-0.05, 0) is 44.1 Å². The summed E-state index contributed by atoms with van der Waals surface area (Å²) < 4.78 is 5.11. The molecule has 1 rings (SSSR count). The van der Waals surface area contributed by atoms with E-state index >= 15 is 0 Å². The second-order valence-corrected chi connectivity index (χ2v) is 3.30. The fourth-order valence-corrected chi connectivity index (χ4v) is 1.42. The summed E-state index contributed by atoms with van der Waals surface area (Å²) >= 11 is 0. The summed E-state index contributed by atoms with van der Waals surface area (Å²) in [6, 6.07) is 3.63. The number of nitrogens with one attached hydrogen (secondary N) is 1. The van der Waals surface area contributed by atoms with Gasteiger partial charge in [-0.25, -0.2) is 0 Å². The molecule has 1 aromatic carbocycles. The molecular formula is C11H17NO2. The third-order valence-electron chi connectivity index (χ3n) is 2.24. The fraction of sp³-hybridized carbons (Fsp3) is 0.455. The Balaban J connectivity index is 2.90. The van der Waals surface area contributed by atoms with Crippen LogP contribution in [-0.4, -0.2) is 25.8 Å². The van der Waals surface area contributed by atoms with Crippen molar-refractivity contribution in [1.82, 2.24) is 5.32 Å². The lowest BCUT2D eigenvalue weighted by Crippen LogP contribution is -2.10. The van der Waals surface area contributed by atoms with Crippen LogP contribution in [0.25, 0.3) is 0 Å². The van der Waals surface area contributed by atoms with Crippen molar-refractivity contribution in [2.24, 2.45) is 0 Å². The maximum Gasteiger partial charge on any atom is 0.125 e. The highest BCUT2D eigenvalue weighted by Crippen LogP contribution is 2.27. The lowest BCUT2D eigenvalue weighted by Gasteiger charge is -2.09. The molecule has 0 aromatic heterocycles. The third-order valence-corrected chi connectivity index (χ3v) is 2.24. The minimum absolute atomic E-state index is 0.308. The van der Waals surface area contributed by atoms with Crippen LogP contribution in [0, 0.1) is 6.92 Å². The second kappa shape index (κ2) is 4.86. The van der Waals surface area contributed by atoms with Crippen LogP contribution in [-0.2, 0) is 6.42 Å². The average molecular weight is 195 g/mol. The summed E-state index contributed by atoms with van der Waals surface area (Å²) in [7, 11) is 3.50. The molecular weight excluding hydrogens is 178 g/mol. The first-order chi connectivity index (χ1) is 6.69. The van der Waals surface area contributed by atoms with Crippen LogP contribution in [0.4, 0.5) is 0 Å². The number of phenolic OH excluding ortho intramolecular Hbond substituents is 1. The minimum atomic E-state index is 0.308. The van der Waals surface area contributed by atoms with E-state index in [1.807, 2.05) is 20.0 Å². The van der Waals surface area contributed by atoms with E-state index < -0.39 is 0 Å². The summed E-state index contributed by atoms with van der Waals surface area (Å²) in [5.41, 5.74) is 2.01. The molecule has 78 valence electrons. The predicted octanol–water partition coefficient (Wildman–Crippen LogP) is 1.47. The zero-order valence-electron chi connectivity index (χ0n) is 8.92. The van der Waals surface area contributed by atoms with Gasteiger partial charge < -0.3 is 15.2 Å². The van der Waals surface area contributed by atoms with E-state index in [9.17, 15) is 5.11 Å². The minimum Gasteiger partial charge on any atom is -0.508 e. The predicted molar refractivity (Wildman–Crippen MR) is 57.0 cm³/mol. The first kappa shape index (κ1) is 10.9. The molecule has 0 fully saturated rings. The molecule has 0 spiro atoms. The number of hydrogen-bond donors (Lipinski definition) is 2. The highest BCUT2D eigenvalue weighted by molar-refractivity contribution is 5.45. The zero-order valence-corrected chi connectivity index (χ0v) is 8.92. The van der Waals surface area contributed by atoms with Gasteiger partial charge in [0.1, 0.15) is 11.5 Å². The number of aryl methyl sites for hydroxylation is 1. The Labute approximate surface area is 84.7 Å². The Morgan fingerprint density at radius 3 is 2.71 bits per heavy atom. The molecule has 3 heteroatoms. The number of hydrogen-bond acceptors (Lipinski definition) is 3. The Bertz CT molecular complexity index is 310. The van der Waals surface area contributed by atoms with Gasteiger partial charge in [0.15, 0.2) is 0 Å². The van der Waals surface area contributed by atoms with Crippen molar-refractivity contribution >= 4 is 0 Å². The zero-order chi connectivity index (χ0) is 10.6. The number of methoxy groups -OCH3 is 1. The lowest BCUT2D eigenvalue weighted by molar-refractivity contribution is 0.403. The van der Waals surface area contributed by atoms with Crippen molar-refractivity contribution in [2.45, 2.75) is 13.3 Å². The maximum absolute atomic E-state index is 9.67. The molecule has 0 saturated carbocycles. The van der Waals surface area contributed by atoms with Crippen LogP contribution in [0.5, 0.6) is 11.5 Å². The Hall–Kier alpha value is -1.22. The monoisotopic (exact) mass is 195 g/mol. The van der Waals surface area contributed by atoms with Crippen molar-refractivity contribution in [3.05, 3.63) is 23.3 Å². The van der Waals surface area contributed by atoms with Crippen molar-refractivity contribution in [3.63, 3.8) is 0 Å². The molecule has 14 heavy (non-hydrogen) atoms. The molecule has 3 nitrogen and oxygen atoms in total. The van der Waals surface area contributed by atoms with Crippen molar-refractivity contribution in [3.8, 4) is 11.5 Å². The smallest absolute Gasteiger partial charge is 0.125 e. The lowest BCUT2D eigenvalue weighted by atomic mass is 10.1. The normalized spacial score (nSPS) is 10.2. The molecule has 0 aliphatic heterocycles. The van der Waals surface area contributed by atoms with Gasteiger partial charge in [0.2, 0.25) is 0 Å². The number of likely N-dealkylation sites (N-methyl/N-ethyl adjacent to an activating group) is 1. The summed E-state index contributed by atoms with van der Waals surface area (Å²) in [6.07, 6.45) is 0.827. The van der Waals surface area contributed by atoms with Crippen LogP contribution in [0.3, 0.4) is 0 Å². The van der Waals surface area contributed by atoms with Crippen LogP contribution < -0.4 is 10.1 Å². The van der Waals surface area contributed by atoms with Gasteiger partial charge >= 0.3 is 0 Å². The van der Waals surface area contributed by atoms with E-state index in [1.54, 1.807) is 13.2 Å². The molecule has 0 radical (unpaired) electrons. The first-order valence-electron chi connectivity index (χ1n) is 4.70. The summed E-state index contributed by atoms with van der Waals surface area (Å²) in [5.74, 6) is 1.04. The van der Waals surface area contributed by atoms with E-state index in [4.69, 9.17) is 4.74 Å². The van der Waals surface area contributed by atoms with E-state index in [2.05, 4.69) is 5.32 Å². The Kier molecular flexibility index (Phi) is 3.77. The maximum atomic E-state index is 9.67. The SMILES string of the molecule is CNCCc1cc(C)c(OC)cc1O. The second-order valence-electron chi connectivity index (χ2n) is 3.30. The number of aromatic hydroxyl groups is 1. The Morgan fingerprint density at radius 1 is 1.43 bits per heavy atom. The van der Waals surface area contributed by atoms with Gasteiger partial charge in [-0.3, -0.25) is 0 Å². The number of phenols is 1. The van der Waals surface area contributed by atoms with Crippen molar-refractivity contribution in [1.29, 1.82) is 0 Å². The van der Waals surface area contributed by atoms with Gasteiger partial charge in [0, 0.05) is 6.07 Å². The molecule has 0 aliphatic rings. The molecule has 2 N–H and O–H groups in total. The molecule has 0 bridgehead atoms. The average Bonchev–Trinajstić information content (AvgIpc) is 2.18. The third kappa shape index (κ3) is 2.39. The van der Waals surface area contributed by atoms with Gasteiger partial charge in [-0.1, -0.05) is 0 Å². The summed E-state index contributed by atoms with van der Waals surface area (Å²) in [6.45, 7) is 2.83. The highest BCUT2D eigenvalue weighted by Gasteiger charge is 2.06. The van der Waals surface area contributed by atoms with Crippen LogP contribution >= 0.6 is 0 Å². The summed E-state index contributed by atoms with van der Waals surface area (Å²) in [4.78, 5) is 0. The van der Waals surface area contributed by atoms with Crippen LogP contribution in [0.1, 0.15) is 11.1 Å². The van der Waals surface area contributed by atoms with Crippen molar-refractivity contribution < 1.29 is 9.84 Å². The van der Waals surface area contributed by atoms with Gasteiger partial charge in [0.25, 0.3) is 0 Å².